The number of hydrogen-bond acceptors (Lipinski definition) is 3. The summed E-state index contributed by atoms with van der Waals surface area (Å²) in [5.74, 6) is 0.584. The first-order chi connectivity index (χ1) is 15.3. The Morgan fingerprint density at radius 2 is 1.29 bits per heavy atom. The molecule has 0 saturated heterocycles. The minimum atomic E-state index is -0.164. The van der Waals surface area contributed by atoms with Crippen molar-refractivity contribution >= 4 is 11.6 Å². The van der Waals surface area contributed by atoms with Gasteiger partial charge in [0.05, 0.1) is 0 Å². The molecule has 0 aliphatic heterocycles. The molecule has 4 nitrogen and oxygen atoms in total. The Bertz CT molecular complexity index is 1040. The van der Waals surface area contributed by atoms with E-state index in [0.29, 0.717) is 11.3 Å². The van der Waals surface area contributed by atoms with E-state index in [9.17, 15) is 4.79 Å². The summed E-state index contributed by atoms with van der Waals surface area (Å²) < 4.78 is 6.34. The van der Waals surface area contributed by atoms with Gasteiger partial charge in [-0.05, 0) is 47.5 Å². The average Bonchev–Trinajstić information content (AvgIpc) is 2.81. The molecule has 0 saturated carbocycles. The van der Waals surface area contributed by atoms with Crippen LogP contribution in [0.2, 0.25) is 0 Å². The Hall–Kier alpha value is -3.92. The molecule has 1 N–H and O–H groups in total. The Kier molecular flexibility index (Phi) is 6.71. The van der Waals surface area contributed by atoms with Crippen molar-refractivity contribution in [2.75, 3.05) is 5.32 Å². The summed E-state index contributed by atoms with van der Waals surface area (Å²) in [4.78, 5) is 16.4. The van der Waals surface area contributed by atoms with Crippen LogP contribution in [0.3, 0.4) is 0 Å². The number of pyridine rings is 1. The Balaban J connectivity index is 1.45. The molecule has 1 aromatic heterocycles. The first-order valence-electron chi connectivity index (χ1n) is 10.3. The number of anilines is 1. The molecule has 154 valence electrons. The summed E-state index contributed by atoms with van der Waals surface area (Å²) in [6.07, 6.45) is 4.89. The molecule has 0 aliphatic rings. The molecule has 0 bridgehead atoms. The number of aromatic nitrogens is 1. The van der Waals surface area contributed by atoms with Crippen molar-refractivity contribution in [3.8, 4) is 5.75 Å². The zero-order valence-corrected chi connectivity index (χ0v) is 17.1. The van der Waals surface area contributed by atoms with Gasteiger partial charge in [-0.2, -0.15) is 0 Å². The number of nitrogens with one attached hydrogen (secondary N) is 1. The fourth-order valence-electron chi connectivity index (χ4n) is 3.43. The normalized spacial score (nSPS) is 10.6. The number of nitrogens with zero attached hydrogens (tertiary/aromatic N) is 1. The molecule has 0 fully saturated rings. The van der Waals surface area contributed by atoms with Gasteiger partial charge in [0.2, 0.25) is 0 Å². The maximum absolute atomic E-state index is 12.5. The largest absolute Gasteiger partial charge is 0.490 e. The van der Waals surface area contributed by atoms with Gasteiger partial charge < -0.3 is 10.1 Å². The van der Waals surface area contributed by atoms with E-state index in [4.69, 9.17) is 4.74 Å². The Morgan fingerprint density at radius 3 is 1.84 bits per heavy atom. The third-order valence-electron chi connectivity index (χ3n) is 4.97. The van der Waals surface area contributed by atoms with E-state index >= 15 is 0 Å². The van der Waals surface area contributed by atoms with Crippen LogP contribution >= 0.6 is 0 Å². The highest BCUT2D eigenvalue weighted by molar-refractivity contribution is 6.04. The predicted octanol–water partition coefficient (Wildman–Crippen LogP) is 5.57. The van der Waals surface area contributed by atoms with Gasteiger partial charge in [0.25, 0.3) is 5.91 Å². The van der Waals surface area contributed by atoms with Crippen molar-refractivity contribution in [1.29, 1.82) is 0 Å². The van der Waals surface area contributed by atoms with E-state index in [1.54, 1.807) is 36.7 Å². The summed E-state index contributed by atoms with van der Waals surface area (Å²) in [6.45, 7) is 0. The molecular formula is C27H24N2O2. The lowest BCUT2D eigenvalue weighted by molar-refractivity contribution is 0.102. The van der Waals surface area contributed by atoms with Crippen molar-refractivity contribution in [3.63, 3.8) is 0 Å². The fourth-order valence-corrected chi connectivity index (χ4v) is 3.43. The maximum Gasteiger partial charge on any atom is 0.255 e. The molecule has 4 rings (SSSR count). The highest BCUT2D eigenvalue weighted by Crippen LogP contribution is 2.19. The van der Waals surface area contributed by atoms with Gasteiger partial charge in [-0.3, -0.25) is 9.78 Å². The summed E-state index contributed by atoms with van der Waals surface area (Å²) in [5, 5.41) is 2.86. The van der Waals surface area contributed by atoms with E-state index in [1.165, 1.54) is 11.1 Å². The summed E-state index contributed by atoms with van der Waals surface area (Å²) in [6, 6.07) is 31.5. The quantitative estimate of drug-likeness (QED) is 0.415. The van der Waals surface area contributed by atoms with Crippen LogP contribution in [0.1, 0.15) is 21.5 Å². The van der Waals surface area contributed by atoms with Crippen molar-refractivity contribution in [2.24, 2.45) is 0 Å². The van der Waals surface area contributed by atoms with Crippen LogP contribution in [-0.2, 0) is 12.8 Å². The molecule has 0 atom stereocenters. The lowest BCUT2D eigenvalue weighted by Gasteiger charge is -2.20. The maximum atomic E-state index is 12.5. The first kappa shape index (κ1) is 20.4. The van der Waals surface area contributed by atoms with Crippen molar-refractivity contribution in [3.05, 3.63) is 126 Å². The molecule has 1 amide bonds. The Labute approximate surface area is 182 Å². The van der Waals surface area contributed by atoms with Gasteiger partial charge >= 0.3 is 0 Å². The van der Waals surface area contributed by atoms with Crippen LogP contribution in [0.15, 0.2) is 109 Å². The van der Waals surface area contributed by atoms with Crippen molar-refractivity contribution in [1.82, 2.24) is 4.98 Å². The van der Waals surface area contributed by atoms with Crippen LogP contribution in [-0.4, -0.2) is 17.0 Å². The number of rotatable bonds is 8. The number of hydrogen-bond donors (Lipinski definition) is 1. The Morgan fingerprint density at radius 1 is 0.742 bits per heavy atom. The van der Waals surface area contributed by atoms with Gasteiger partial charge in [0.1, 0.15) is 11.9 Å². The van der Waals surface area contributed by atoms with Gasteiger partial charge in [0, 0.05) is 36.5 Å². The SMILES string of the molecule is O=C(Nc1ccncc1)c1ccc(OC(Cc2ccccc2)Cc2ccccc2)cc1. The molecule has 31 heavy (non-hydrogen) atoms. The molecule has 4 heteroatoms. The van der Waals surface area contributed by atoms with E-state index < -0.39 is 0 Å². The number of amides is 1. The van der Waals surface area contributed by atoms with E-state index in [0.717, 1.165) is 18.6 Å². The summed E-state index contributed by atoms with van der Waals surface area (Å²) >= 11 is 0. The average molecular weight is 409 g/mol. The third kappa shape index (κ3) is 6.03. The second-order valence-corrected chi connectivity index (χ2v) is 7.33. The lowest BCUT2D eigenvalue weighted by atomic mass is 10.0. The second-order valence-electron chi connectivity index (χ2n) is 7.33. The van der Waals surface area contributed by atoms with Crippen molar-refractivity contribution in [2.45, 2.75) is 18.9 Å². The van der Waals surface area contributed by atoms with Crippen LogP contribution in [0.25, 0.3) is 0 Å². The standard InChI is InChI=1S/C27H24N2O2/c30-27(29-24-15-17-28-18-16-24)23-11-13-25(14-12-23)31-26(19-21-7-3-1-4-8-21)20-22-9-5-2-6-10-22/h1-18,26H,19-20H2,(H,28,29,30). The minimum absolute atomic E-state index is 0.0127. The van der Waals surface area contributed by atoms with Crippen LogP contribution in [0.4, 0.5) is 5.69 Å². The summed E-state index contributed by atoms with van der Waals surface area (Å²) in [7, 11) is 0. The summed E-state index contributed by atoms with van der Waals surface area (Å²) in [5.41, 5.74) is 3.76. The minimum Gasteiger partial charge on any atom is -0.490 e. The second kappa shape index (κ2) is 10.2. The molecule has 4 aromatic rings. The van der Waals surface area contributed by atoms with Gasteiger partial charge in [-0.1, -0.05) is 60.7 Å². The van der Waals surface area contributed by atoms with Gasteiger partial charge in [0.15, 0.2) is 0 Å². The molecule has 1 heterocycles. The molecule has 3 aromatic carbocycles. The first-order valence-corrected chi connectivity index (χ1v) is 10.3. The van der Waals surface area contributed by atoms with E-state index in [2.05, 4.69) is 34.6 Å². The third-order valence-corrected chi connectivity index (χ3v) is 4.97. The number of ether oxygens (including phenoxy) is 1. The van der Waals surface area contributed by atoms with Crippen LogP contribution < -0.4 is 10.1 Å². The predicted molar refractivity (Wildman–Crippen MR) is 123 cm³/mol. The van der Waals surface area contributed by atoms with Crippen molar-refractivity contribution < 1.29 is 9.53 Å². The van der Waals surface area contributed by atoms with E-state index in [1.807, 2.05) is 48.5 Å². The molecule has 0 spiro atoms. The van der Waals surface area contributed by atoms with Crippen LogP contribution in [0.5, 0.6) is 5.75 Å². The monoisotopic (exact) mass is 408 g/mol. The smallest absolute Gasteiger partial charge is 0.255 e. The topological polar surface area (TPSA) is 51.2 Å². The zero-order valence-electron chi connectivity index (χ0n) is 17.1. The lowest BCUT2D eigenvalue weighted by Crippen LogP contribution is -2.22. The van der Waals surface area contributed by atoms with E-state index in [-0.39, 0.29) is 12.0 Å². The number of benzene rings is 3. The highest BCUT2D eigenvalue weighted by atomic mass is 16.5. The molecular weight excluding hydrogens is 384 g/mol. The molecule has 0 radical (unpaired) electrons. The molecule has 0 unspecified atom stereocenters. The molecule has 0 aliphatic carbocycles. The zero-order chi connectivity index (χ0) is 21.3. The van der Waals surface area contributed by atoms with Crippen LogP contribution in [0, 0.1) is 0 Å². The number of carbonyl (C=O) groups excluding carboxylic acids is 1. The highest BCUT2D eigenvalue weighted by Gasteiger charge is 2.14. The fraction of sp³-hybridized carbons (Fsp3) is 0.111. The van der Waals surface area contributed by atoms with Gasteiger partial charge in [-0.15, -0.1) is 0 Å². The van der Waals surface area contributed by atoms with Gasteiger partial charge in [-0.25, -0.2) is 0 Å². The number of carbonyl (C=O) groups is 1.